The molecule has 1 aromatic heterocycles. The van der Waals surface area contributed by atoms with Crippen LogP contribution < -0.4 is 5.32 Å². The lowest BCUT2D eigenvalue weighted by Crippen LogP contribution is -2.33. The van der Waals surface area contributed by atoms with Crippen LogP contribution in [0.3, 0.4) is 0 Å². The quantitative estimate of drug-likeness (QED) is 0.539. The van der Waals surface area contributed by atoms with Gasteiger partial charge in [-0.1, -0.05) is 43.7 Å². The highest BCUT2D eigenvalue weighted by Crippen LogP contribution is 2.24. The summed E-state index contributed by atoms with van der Waals surface area (Å²) in [4.78, 5) is 15.4. The van der Waals surface area contributed by atoms with Crippen molar-refractivity contribution in [2.75, 3.05) is 19.6 Å². The van der Waals surface area contributed by atoms with Crippen molar-refractivity contribution in [3.63, 3.8) is 0 Å². The summed E-state index contributed by atoms with van der Waals surface area (Å²) in [7, 11) is 0. The maximum atomic E-state index is 13.0. The van der Waals surface area contributed by atoms with E-state index in [1.165, 1.54) is 11.9 Å². The number of nitrogens with zero attached hydrogens (tertiary/aromatic N) is 5. The molecule has 0 aliphatic rings. The van der Waals surface area contributed by atoms with Gasteiger partial charge >= 0.3 is 0 Å². The average Bonchev–Trinajstić information content (AvgIpc) is 3.32. The first-order valence-corrected chi connectivity index (χ1v) is 11.0. The number of nitrogens with one attached hydrogen (secondary N) is 1. The minimum Gasteiger partial charge on any atom is -0.350 e. The molecule has 0 aliphatic carbocycles. The van der Waals surface area contributed by atoms with E-state index in [0.29, 0.717) is 5.56 Å². The molecule has 1 N–H and O–H groups in total. The summed E-state index contributed by atoms with van der Waals surface area (Å²) in [5.41, 5.74) is 4.53. The van der Waals surface area contributed by atoms with Crippen LogP contribution in [-0.4, -0.2) is 56.7 Å². The first-order chi connectivity index (χ1) is 15.0. The van der Waals surface area contributed by atoms with Gasteiger partial charge in [0.2, 0.25) is 0 Å². The second kappa shape index (κ2) is 10.8. The van der Waals surface area contributed by atoms with Gasteiger partial charge in [0, 0.05) is 11.6 Å². The van der Waals surface area contributed by atoms with Crippen molar-refractivity contribution in [1.82, 2.24) is 30.4 Å². The van der Waals surface area contributed by atoms with Crippen LogP contribution in [0.5, 0.6) is 0 Å². The number of hydrogen-bond donors (Lipinski definition) is 1. The molecule has 7 heteroatoms. The van der Waals surface area contributed by atoms with E-state index in [2.05, 4.69) is 77.7 Å². The van der Waals surface area contributed by atoms with Gasteiger partial charge in [0.15, 0.2) is 0 Å². The summed E-state index contributed by atoms with van der Waals surface area (Å²) in [5, 5.41) is 14.6. The smallest absolute Gasteiger partial charge is 0.251 e. The predicted octanol–water partition coefficient (Wildman–Crippen LogP) is 3.88. The summed E-state index contributed by atoms with van der Waals surface area (Å²) in [6.07, 6.45) is 3.54. The van der Waals surface area contributed by atoms with Gasteiger partial charge in [-0.15, -0.1) is 5.10 Å². The highest BCUT2D eigenvalue weighted by Gasteiger charge is 2.14. The fourth-order valence-corrected chi connectivity index (χ4v) is 3.61. The zero-order chi connectivity index (χ0) is 22.2. The Labute approximate surface area is 184 Å². The minimum absolute atomic E-state index is 0.0846. The van der Waals surface area contributed by atoms with Crippen LogP contribution in [0.4, 0.5) is 0 Å². The molecule has 0 fully saturated rings. The third kappa shape index (κ3) is 6.21. The molecular formula is C24H32N6O. The van der Waals surface area contributed by atoms with Gasteiger partial charge in [0.05, 0.1) is 5.69 Å². The third-order valence-corrected chi connectivity index (χ3v) is 5.56. The van der Waals surface area contributed by atoms with E-state index in [1.807, 2.05) is 18.2 Å². The molecular weight excluding hydrogens is 388 g/mol. The maximum absolute atomic E-state index is 13.0. The standard InChI is InChI=1S/C24H32N6O/c1-5-29(6-2)13-7-8-19(4)26-24(31)22-14-21(20-11-9-18(3)10-12-20)15-23(16-22)30-17-25-27-28-30/h9-12,14-17,19H,5-8,13H2,1-4H3,(H,26,31). The van der Waals surface area contributed by atoms with E-state index >= 15 is 0 Å². The Morgan fingerprint density at radius 2 is 1.84 bits per heavy atom. The molecule has 0 saturated heterocycles. The lowest BCUT2D eigenvalue weighted by molar-refractivity contribution is 0.0937. The molecule has 1 unspecified atom stereocenters. The summed E-state index contributed by atoms with van der Waals surface area (Å²) in [6, 6.07) is 14.1. The molecule has 0 spiro atoms. The number of benzene rings is 2. The number of tetrazole rings is 1. The van der Waals surface area contributed by atoms with Crippen LogP contribution in [0.2, 0.25) is 0 Å². The van der Waals surface area contributed by atoms with E-state index in [0.717, 1.165) is 49.3 Å². The lowest BCUT2D eigenvalue weighted by Gasteiger charge is -2.20. The molecule has 1 atom stereocenters. The Kier molecular flexibility index (Phi) is 7.89. The van der Waals surface area contributed by atoms with Gasteiger partial charge in [-0.2, -0.15) is 0 Å². The fourth-order valence-electron chi connectivity index (χ4n) is 3.61. The Balaban J connectivity index is 1.77. The van der Waals surface area contributed by atoms with E-state index in [9.17, 15) is 4.79 Å². The van der Waals surface area contributed by atoms with Crippen molar-refractivity contribution < 1.29 is 4.79 Å². The van der Waals surface area contributed by atoms with Crippen molar-refractivity contribution in [2.45, 2.75) is 46.6 Å². The molecule has 2 aromatic carbocycles. The number of aromatic nitrogens is 4. The Hall–Kier alpha value is -3.06. The summed E-state index contributed by atoms with van der Waals surface area (Å²) in [5.74, 6) is -0.0846. The maximum Gasteiger partial charge on any atom is 0.251 e. The van der Waals surface area contributed by atoms with E-state index in [-0.39, 0.29) is 11.9 Å². The van der Waals surface area contributed by atoms with Crippen LogP contribution in [0.25, 0.3) is 16.8 Å². The van der Waals surface area contributed by atoms with Crippen molar-refractivity contribution in [3.05, 3.63) is 59.9 Å². The molecule has 0 radical (unpaired) electrons. The van der Waals surface area contributed by atoms with Gasteiger partial charge < -0.3 is 10.2 Å². The Bertz CT molecular complexity index is 964. The Morgan fingerprint density at radius 1 is 1.10 bits per heavy atom. The van der Waals surface area contributed by atoms with Gasteiger partial charge in [-0.3, -0.25) is 4.79 Å². The van der Waals surface area contributed by atoms with Crippen molar-refractivity contribution in [1.29, 1.82) is 0 Å². The fraction of sp³-hybridized carbons (Fsp3) is 0.417. The van der Waals surface area contributed by atoms with Gasteiger partial charge in [-0.25, -0.2) is 4.68 Å². The monoisotopic (exact) mass is 420 g/mol. The molecule has 3 aromatic rings. The van der Waals surface area contributed by atoms with Crippen molar-refractivity contribution in [2.24, 2.45) is 0 Å². The van der Waals surface area contributed by atoms with Crippen LogP contribution in [0.15, 0.2) is 48.8 Å². The molecule has 7 nitrogen and oxygen atoms in total. The van der Waals surface area contributed by atoms with Crippen LogP contribution >= 0.6 is 0 Å². The van der Waals surface area contributed by atoms with Gasteiger partial charge in [0.1, 0.15) is 6.33 Å². The van der Waals surface area contributed by atoms with Gasteiger partial charge in [-0.05, 0) is 86.1 Å². The van der Waals surface area contributed by atoms with Crippen LogP contribution in [0, 0.1) is 6.92 Å². The molecule has 0 saturated carbocycles. The number of carbonyl (C=O) groups is 1. The minimum atomic E-state index is -0.0846. The number of amides is 1. The van der Waals surface area contributed by atoms with Gasteiger partial charge in [0.25, 0.3) is 5.91 Å². The van der Waals surface area contributed by atoms with E-state index in [1.54, 1.807) is 4.68 Å². The summed E-state index contributed by atoms with van der Waals surface area (Å²) >= 11 is 0. The molecule has 1 amide bonds. The number of rotatable bonds is 10. The highest BCUT2D eigenvalue weighted by molar-refractivity contribution is 5.96. The largest absolute Gasteiger partial charge is 0.350 e. The first kappa shape index (κ1) is 22.6. The predicted molar refractivity (Wildman–Crippen MR) is 123 cm³/mol. The van der Waals surface area contributed by atoms with Crippen molar-refractivity contribution >= 4 is 5.91 Å². The summed E-state index contributed by atoms with van der Waals surface area (Å²) < 4.78 is 1.57. The normalized spacial score (nSPS) is 12.2. The number of hydrogen-bond acceptors (Lipinski definition) is 5. The molecule has 1 heterocycles. The highest BCUT2D eigenvalue weighted by atomic mass is 16.1. The van der Waals surface area contributed by atoms with E-state index in [4.69, 9.17) is 0 Å². The first-order valence-electron chi connectivity index (χ1n) is 11.0. The second-order valence-corrected chi connectivity index (χ2v) is 7.93. The average molecular weight is 421 g/mol. The molecule has 0 bridgehead atoms. The zero-order valence-corrected chi connectivity index (χ0v) is 18.9. The summed E-state index contributed by atoms with van der Waals surface area (Å²) in [6.45, 7) is 11.6. The number of carbonyl (C=O) groups excluding carboxylic acids is 1. The van der Waals surface area contributed by atoms with Crippen LogP contribution in [-0.2, 0) is 0 Å². The van der Waals surface area contributed by atoms with Crippen molar-refractivity contribution in [3.8, 4) is 16.8 Å². The van der Waals surface area contributed by atoms with E-state index < -0.39 is 0 Å². The molecule has 3 rings (SSSR count). The molecule has 31 heavy (non-hydrogen) atoms. The molecule has 164 valence electrons. The third-order valence-electron chi connectivity index (χ3n) is 5.56. The zero-order valence-electron chi connectivity index (χ0n) is 18.9. The van der Waals surface area contributed by atoms with Crippen LogP contribution in [0.1, 0.15) is 49.5 Å². The topological polar surface area (TPSA) is 75.9 Å². The SMILES string of the molecule is CCN(CC)CCCC(C)NC(=O)c1cc(-c2ccc(C)cc2)cc(-n2cnnn2)c1. The second-order valence-electron chi connectivity index (χ2n) is 7.93. The Morgan fingerprint density at radius 3 is 2.48 bits per heavy atom. The molecule has 0 aliphatic heterocycles. The number of aryl methyl sites for hydroxylation is 1. The lowest BCUT2D eigenvalue weighted by atomic mass is 10.0.